The molecule has 0 radical (unpaired) electrons. The maximum absolute atomic E-state index is 12.9. The Hall–Kier alpha value is -2.02. The standard InChI is InChI=1S/C46H82O15/c1-3-5-7-9-11-13-15-17-19-21-23-25-27-29-38(49)59-34(31-56-37(48)28-26-24-22-20-18-16-14-12-10-8-6-4-2)32-57-45-44(55)42(53)40(51)36(61-45)33-58-46-43(54)41(52)39(50)35(30-47)60-46/h12,14,17,19,34-36,39-47,50-55H,3-11,13,15-16,18,20-33H2,1-2H3/b14-12+,19-17+/t34-,35-,36-,39+,40+,41?,42?,43?,44?,45-,46-/m1/s1. The van der Waals surface area contributed by atoms with E-state index in [1.807, 2.05) is 0 Å². The number of carbonyl (C=O) groups excluding carboxylic acids is 2. The topological polar surface area (TPSA) is 231 Å². The SMILES string of the molecule is CCCCC/C=C/CCCCCCCC(=O)OC[C@H](CO[C@@H]1O[C@H](CO[C@@H]2O[C@H](CO)[C@H](O)C(O)C2O)[C@H](O)C(O)C1O)OC(=O)CCCCC/C=C/CCCCCCCC. The smallest absolute Gasteiger partial charge is 0.306 e. The van der Waals surface area contributed by atoms with Crippen molar-refractivity contribution in [3.8, 4) is 0 Å². The number of unbranched alkanes of at least 4 members (excludes halogenated alkanes) is 17. The van der Waals surface area contributed by atoms with E-state index in [-0.39, 0.29) is 26.1 Å². The third-order valence-electron chi connectivity index (χ3n) is 11.2. The summed E-state index contributed by atoms with van der Waals surface area (Å²) in [6.45, 7) is 2.51. The number of hydrogen-bond acceptors (Lipinski definition) is 15. The summed E-state index contributed by atoms with van der Waals surface area (Å²) in [5, 5.41) is 71.8. The number of aliphatic hydroxyl groups is 7. The van der Waals surface area contributed by atoms with Crippen LogP contribution < -0.4 is 0 Å². The molecule has 0 saturated carbocycles. The van der Waals surface area contributed by atoms with E-state index in [0.717, 1.165) is 64.2 Å². The maximum Gasteiger partial charge on any atom is 0.306 e. The molecule has 2 aliphatic rings. The Bertz CT molecular complexity index is 1170. The van der Waals surface area contributed by atoms with E-state index in [9.17, 15) is 45.3 Å². The zero-order chi connectivity index (χ0) is 44.7. The van der Waals surface area contributed by atoms with Crippen molar-refractivity contribution in [3.63, 3.8) is 0 Å². The lowest BCUT2D eigenvalue weighted by atomic mass is 9.98. The lowest BCUT2D eigenvalue weighted by Gasteiger charge is -2.42. The molecule has 356 valence electrons. The van der Waals surface area contributed by atoms with Gasteiger partial charge in [0.1, 0.15) is 55.4 Å². The monoisotopic (exact) mass is 875 g/mol. The molecule has 61 heavy (non-hydrogen) atoms. The molecule has 7 N–H and O–H groups in total. The van der Waals surface area contributed by atoms with Gasteiger partial charge in [0.2, 0.25) is 0 Å². The molecular formula is C46H82O15. The highest BCUT2D eigenvalue weighted by atomic mass is 16.7. The molecule has 0 bridgehead atoms. The highest BCUT2D eigenvalue weighted by Gasteiger charge is 2.47. The van der Waals surface area contributed by atoms with E-state index in [1.165, 1.54) is 57.8 Å². The van der Waals surface area contributed by atoms with Gasteiger partial charge >= 0.3 is 11.9 Å². The Morgan fingerprint density at radius 3 is 1.49 bits per heavy atom. The Labute approximate surface area is 364 Å². The van der Waals surface area contributed by atoms with Crippen molar-refractivity contribution in [1.29, 1.82) is 0 Å². The number of ether oxygens (including phenoxy) is 6. The van der Waals surface area contributed by atoms with Crippen LogP contribution >= 0.6 is 0 Å². The van der Waals surface area contributed by atoms with E-state index < -0.39 is 92.7 Å². The first-order valence-corrected chi connectivity index (χ1v) is 23.4. The summed E-state index contributed by atoms with van der Waals surface area (Å²) in [6, 6.07) is 0. The first-order valence-electron chi connectivity index (χ1n) is 23.4. The molecule has 0 spiro atoms. The number of allylic oxidation sites excluding steroid dienone is 4. The molecule has 2 heterocycles. The van der Waals surface area contributed by atoms with Crippen molar-refractivity contribution in [2.75, 3.05) is 26.4 Å². The second kappa shape index (κ2) is 34.4. The van der Waals surface area contributed by atoms with Crippen LogP contribution in [0.25, 0.3) is 0 Å². The molecule has 2 fully saturated rings. The van der Waals surface area contributed by atoms with E-state index in [0.29, 0.717) is 12.8 Å². The van der Waals surface area contributed by atoms with Crippen molar-refractivity contribution in [2.24, 2.45) is 0 Å². The van der Waals surface area contributed by atoms with Gasteiger partial charge in [0, 0.05) is 12.8 Å². The number of carbonyl (C=O) groups is 2. The van der Waals surface area contributed by atoms with Gasteiger partial charge in [-0.15, -0.1) is 0 Å². The molecule has 0 aromatic carbocycles. The molecular weight excluding hydrogens is 792 g/mol. The Kier molecular flexibility index (Phi) is 31.1. The summed E-state index contributed by atoms with van der Waals surface area (Å²) >= 11 is 0. The fourth-order valence-electron chi connectivity index (χ4n) is 7.20. The molecule has 0 amide bonds. The van der Waals surface area contributed by atoms with Crippen molar-refractivity contribution < 1.29 is 73.8 Å². The van der Waals surface area contributed by atoms with Crippen LogP contribution in [-0.4, -0.2) is 142 Å². The predicted molar refractivity (Wildman–Crippen MR) is 229 cm³/mol. The number of hydrogen-bond donors (Lipinski definition) is 7. The zero-order valence-corrected chi connectivity index (χ0v) is 37.1. The van der Waals surface area contributed by atoms with Crippen LogP contribution in [-0.2, 0) is 38.0 Å². The van der Waals surface area contributed by atoms with Gasteiger partial charge in [0.25, 0.3) is 0 Å². The third-order valence-corrected chi connectivity index (χ3v) is 11.2. The van der Waals surface area contributed by atoms with Gasteiger partial charge in [-0.25, -0.2) is 0 Å². The van der Waals surface area contributed by atoms with Crippen LogP contribution in [0.2, 0.25) is 0 Å². The van der Waals surface area contributed by atoms with Gasteiger partial charge in [-0.3, -0.25) is 9.59 Å². The second-order valence-corrected chi connectivity index (χ2v) is 16.6. The molecule has 2 saturated heterocycles. The van der Waals surface area contributed by atoms with Crippen LogP contribution in [0, 0.1) is 0 Å². The summed E-state index contributed by atoms with van der Waals surface area (Å²) in [5.41, 5.74) is 0. The summed E-state index contributed by atoms with van der Waals surface area (Å²) in [4.78, 5) is 25.6. The Morgan fingerprint density at radius 2 is 0.934 bits per heavy atom. The lowest BCUT2D eigenvalue weighted by Crippen LogP contribution is -2.61. The summed E-state index contributed by atoms with van der Waals surface area (Å²) < 4.78 is 33.4. The van der Waals surface area contributed by atoms with Crippen LogP contribution in [0.15, 0.2) is 24.3 Å². The van der Waals surface area contributed by atoms with Crippen LogP contribution in [0.3, 0.4) is 0 Å². The zero-order valence-electron chi connectivity index (χ0n) is 37.1. The normalized spacial score (nSPS) is 27.5. The van der Waals surface area contributed by atoms with E-state index in [2.05, 4.69) is 38.2 Å². The summed E-state index contributed by atoms with van der Waals surface area (Å²) in [5.74, 6) is -0.955. The minimum absolute atomic E-state index is 0.144. The molecule has 4 unspecified atom stereocenters. The molecule has 2 aliphatic heterocycles. The van der Waals surface area contributed by atoms with E-state index in [4.69, 9.17) is 28.4 Å². The van der Waals surface area contributed by atoms with Gasteiger partial charge in [-0.05, 0) is 64.2 Å². The number of aliphatic hydroxyl groups excluding tert-OH is 7. The van der Waals surface area contributed by atoms with Crippen molar-refractivity contribution >= 4 is 11.9 Å². The average molecular weight is 875 g/mol. The molecule has 15 nitrogen and oxygen atoms in total. The van der Waals surface area contributed by atoms with E-state index >= 15 is 0 Å². The molecule has 2 rings (SSSR count). The molecule has 11 atom stereocenters. The number of esters is 2. The summed E-state index contributed by atoms with van der Waals surface area (Å²) in [6.07, 6.45) is 15.1. The van der Waals surface area contributed by atoms with Crippen LogP contribution in [0.5, 0.6) is 0 Å². The van der Waals surface area contributed by atoms with Gasteiger partial charge in [-0.1, -0.05) is 109 Å². The third kappa shape index (κ3) is 23.5. The molecule has 15 heteroatoms. The van der Waals surface area contributed by atoms with E-state index in [1.54, 1.807) is 0 Å². The fourth-order valence-corrected chi connectivity index (χ4v) is 7.20. The second-order valence-electron chi connectivity index (χ2n) is 16.6. The van der Waals surface area contributed by atoms with Gasteiger partial charge in [0.15, 0.2) is 18.7 Å². The first-order chi connectivity index (χ1) is 29.5. The molecule has 0 aliphatic carbocycles. The van der Waals surface area contributed by atoms with Crippen LogP contribution in [0.4, 0.5) is 0 Å². The average Bonchev–Trinajstić information content (AvgIpc) is 3.25. The van der Waals surface area contributed by atoms with Crippen molar-refractivity contribution in [3.05, 3.63) is 24.3 Å². The predicted octanol–water partition coefficient (Wildman–Crippen LogP) is 5.21. The summed E-state index contributed by atoms with van der Waals surface area (Å²) in [7, 11) is 0. The minimum atomic E-state index is -1.77. The minimum Gasteiger partial charge on any atom is -0.462 e. The van der Waals surface area contributed by atoms with Crippen molar-refractivity contribution in [2.45, 2.75) is 229 Å². The van der Waals surface area contributed by atoms with Gasteiger partial charge in [-0.2, -0.15) is 0 Å². The highest BCUT2D eigenvalue weighted by molar-refractivity contribution is 5.70. The maximum atomic E-state index is 12.9. The Balaban J connectivity index is 1.86. The Morgan fingerprint density at radius 1 is 0.508 bits per heavy atom. The largest absolute Gasteiger partial charge is 0.462 e. The quantitative estimate of drug-likeness (QED) is 0.0246. The molecule has 0 aromatic heterocycles. The van der Waals surface area contributed by atoms with Crippen LogP contribution in [0.1, 0.15) is 162 Å². The molecule has 0 aromatic rings. The lowest BCUT2D eigenvalue weighted by molar-refractivity contribution is -0.332. The highest BCUT2D eigenvalue weighted by Crippen LogP contribution is 2.26. The first kappa shape index (κ1) is 55.1. The number of rotatable bonds is 35. The van der Waals surface area contributed by atoms with Crippen molar-refractivity contribution in [1.82, 2.24) is 0 Å². The van der Waals surface area contributed by atoms with Gasteiger partial charge in [0.05, 0.1) is 19.8 Å². The van der Waals surface area contributed by atoms with Gasteiger partial charge < -0.3 is 64.2 Å². The fraction of sp³-hybridized carbons (Fsp3) is 0.870.